The van der Waals surface area contributed by atoms with Crippen LogP contribution in [-0.4, -0.2) is 42.1 Å². The molecule has 30 heavy (non-hydrogen) atoms. The zero-order chi connectivity index (χ0) is 20.9. The highest BCUT2D eigenvalue weighted by Crippen LogP contribution is 2.16. The third-order valence-corrected chi connectivity index (χ3v) is 4.50. The number of carbonyl (C=O) groups is 1. The first-order chi connectivity index (χ1) is 14.6. The van der Waals surface area contributed by atoms with Gasteiger partial charge in [0.15, 0.2) is 0 Å². The van der Waals surface area contributed by atoms with E-state index in [4.69, 9.17) is 0 Å². The Bertz CT molecular complexity index is 1180. The molecular formula is C21H20N8O. The van der Waals surface area contributed by atoms with Gasteiger partial charge in [-0.15, -0.1) is 10.2 Å². The quantitative estimate of drug-likeness (QED) is 0.395. The van der Waals surface area contributed by atoms with Crippen molar-refractivity contribution in [1.82, 2.24) is 35.4 Å². The molecule has 0 spiro atoms. The monoisotopic (exact) mass is 400 g/mol. The molecule has 0 aliphatic heterocycles. The molecule has 1 N–H and O–H groups in total. The standard InChI is InChI=1S/C21H20N8O/c1-15-19(16(2)29(25-15)18-11-7-4-8-12-18)13-22-23-20(30)14-28-26-21(24-27-28)17-9-5-3-6-10-17/h3-13H,14H2,1-2H3,(H,23,30)/b22-13+. The van der Waals surface area contributed by atoms with E-state index in [0.717, 1.165) is 28.2 Å². The van der Waals surface area contributed by atoms with Crippen LogP contribution in [-0.2, 0) is 11.3 Å². The number of rotatable bonds is 6. The molecular weight excluding hydrogens is 380 g/mol. The molecule has 9 nitrogen and oxygen atoms in total. The topological polar surface area (TPSA) is 103 Å². The number of nitrogens with zero attached hydrogens (tertiary/aromatic N) is 7. The highest BCUT2D eigenvalue weighted by atomic mass is 16.2. The van der Waals surface area contributed by atoms with Crippen molar-refractivity contribution in [2.24, 2.45) is 5.10 Å². The second kappa shape index (κ2) is 8.48. The van der Waals surface area contributed by atoms with Gasteiger partial charge in [-0.2, -0.15) is 15.0 Å². The number of hydrogen-bond donors (Lipinski definition) is 1. The van der Waals surface area contributed by atoms with Crippen LogP contribution in [0.15, 0.2) is 65.8 Å². The Kier molecular flexibility index (Phi) is 5.42. The van der Waals surface area contributed by atoms with Crippen LogP contribution in [0.5, 0.6) is 0 Å². The third-order valence-electron chi connectivity index (χ3n) is 4.50. The number of hydrazone groups is 1. The molecule has 1 amide bonds. The highest BCUT2D eigenvalue weighted by Gasteiger charge is 2.12. The summed E-state index contributed by atoms with van der Waals surface area (Å²) < 4.78 is 1.85. The van der Waals surface area contributed by atoms with Gasteiger partial charge >= 0.3 is 0 Å². The van der Waals surface area contributed by atoms with Gasteiger partial charge < -0.3 is 0 Å². The third kappa shape index (κ3) is 4.14. The van der Waals surface area contributed by atoms with Crippen LogP contribution in [0.1, 0.15) is 17.0 Å². The zero-order valence-corrected chi connectivity index (χ0v) is 16.6. The van der Waals surface area contributed by atoms with E-state index in [-0.39, 0.29) is 12.5 Å². The molecule has 4 rings (SSSR count). The van der Waals surface area contributed by atoms with Gasteiger partial charge in [-0.3, -0.25) is 4.79 Å². The lowest BCUT2D eigenvalue weighted by Crippen LogP contribution is -2.24. The van der Waals surface area contributed by atoms with E-state index in [1.807, 2.05) is 79.2 Å². The van der Waals surface area contributed by atoms with Crippen LogP contribution in [0.25, 0.3) is 17.1 Å². The number of aryl methyl sites for hydroxylation is 1. The Morgan fingerprint density at radius 1 is 1.03 bits per heavy atom. The summed E-state index contributed by atoms with van der Waals surface area (Å²) in [6.45, 7) is 3.78. The second-order valence-corrected chi connectivity index (χ2v) is 6.63. The summed E-state index contributed by atoms with van der Waals surface area (Å²) in [6.07, 6.45) is 1.60. The molecule has 0 saturated heterocycles. The molecule has 0 atom stereocenters. The van der Waals surface area contributed by atoms with Crippen LogP contribution < -0.4 is 5.43 Å². The first-order valence-electron chi connectivity index (χ1n) is 9.38. The van der Waals surface area contributed by atoms with Gasteiger partial charge in [0, 0.05) is 11.1 Å². The van der Waals surface area contributed by atoms with Gasteiger partial charge in [-0.1, -0.05) is 48.5 Å². The van der Waals surface area contributed by atoms with Crippen molar-refractivity contribution in [1.29, 1.82) is 0 Å². The first kappa shape index (κ1) is 19.2. The Morgan fingerprint density at radius 3 is 2.47 bits per heavy atom. The van der Waals surface area contributed by atoms with Crippen LogP contribution in [0.4, 0.5) is 0 Å². The van der Waals surface area contributed by atoms with E-state index in [9.17, 15) is 4.79 Å². The zero-order valence-electron chi connectivity index (χ0n) is 16.6. The Labute approximate surface area is 173 Å². The SMILES string of the molecule is Cc1nn(-c2ccccc2)c(C)c1/C=N/NC(=O)Cn1nnc(-c2ccccc2)n1. The minimum atomic E-state index is -0.353. The number of aromatic nitrogens is 6. The van der Waals surface area contributed by atoms with E-state index >= 15 is 0 Å². The van der Waals surface area contributed by atoms with Gasteiger partial charge in [-0.05, 0) is 31.2 Å². The number of amides is 1. The Hall–Kier alpha value is -4.14. The largest absolute Gasteiger partial charge is 0.271 e. The summed E-state index contributed by atoms with van der Waals surface area (Å²) in [5.41, 5.74) is 6.90. The maximum Gasteiger partial charge on any atom is 0.263 e. The molecule has 0 aliphatic rings. The number of para-hydroxylation sites is 1. The van der Waals surface area contributed by atoms with Crippen molar-refractivity contribution < 1.29 is 4.79 Å². The predicted molar refractivity (Wildman–Crippen MR) is 112 cm³/mol. The summed E-state index contributed by atoms with van der Waals surface area (Å²) in [5.74, 6) is 0.112. The van der Waals surface area contributed by atoms with E-state index < -0.39 is 0 Å². The summed E-state index contributed by atoms with van der Waals surface area (Å²) >= 11 is 0. The minimum absolute atomic E-state index is 0.0849. The van der Waals surface area contributed by atoms with Crippen molar-refractivity contribution in [3.63, 3.8) is 0 Å². The van der Waals surface area contributed by atoms with Crippen LogP contribution in [0, 0.1) is 13.8 Å². The van der Waals surface area contributed by atoms with E-state index in [0.29, 0.717) is 5.82 Å². The maximum absolute atomic E-state index is 12.2. The lowest BCUT2D eigenvalue weighted by molar-refractivity contribution is -0.122. The molecule has 9 heteroatoms. The smallest absolute Gasteiger partial charge is 0.263 e. The molecule has 0 fully saturated rings. The van der Waals surface area contributed by atoms with E-state index in [1.165, 1.54) is 4.80 Å². The Morgan fingerprint density at radius 2 is 1.73 bits per heavy atom. The molecule has 4 aromatic rings. The van der Waals surface area contributed by atoms with Gasteiger partial charge in [-0.25, -0.2) is 10.1 Å². The number of nitrogens with one attached hydrogen (secondary N) is 1. The fourth-order valence-corrected chi connectivity index (χ4v) is 3.01. The molecule has 150 valence electrons. The Balaban J connectivity index is 1.40. The van der Waals surface area contributed by atoms with Gasteiger partial charge in [0.2, 0.25) is 5.82 Å². The molecule has 0 saturated carbocycles. The number of hydrogen-bond acceptors (Lipinski definition) is 6. The summed E-state index contributed by atoms with van der Waals surface area (Å²) in [4.78, 5) is 13.4. The van der Waals surface area contributed by atoms with Crippen molar-refractivity contribution in [3.05, 3.63) is 77.6 Å². The van der Waals surface area contributed by atoms with Crippen LogP contribution >= 0.6 is 0 Å². The molecule has 0 bridgehead atoms. The highest BCUT2D eigenvalue weighted by molar-refractivity contribution is 5.84. The molecule has 0 radical (unpaired) electrons. The molecule has 2 aromatic carbocycles. The van der Waals surface area contributed by atoms with E-state index in [1.54, 1.807) is 6.21 Å². The van der Waals surface area contributed by atoms with Gasteiger partial charge in [0.1, 0.15) is 6.54 Å². The number of carbonyl (C=O) groups excluding carboxylic acids is 1. The maximum atomic E-state index is 12.2. The second-order valence-electron chi connectivity index (χ2n) is 6.63. The average molecular weight is 400 g/mol. The predicted octanol–water partition coefficient (Wildman–Crippen LogP) is 2.29. The number of benzene rings is 2. The van der Waals surface area contributed by atoms with E-state index in [2.05, 4.69) is 31.0 Å². The molecule has 2 heterocycles. The lowest BCUT2D eigenvalue weighted by atomic mass is 10.2. The molecule has 2 aromatic heterocycles. The average Bonchev–Trinajstić information content (AvgIpc) is 3.34. The van der Waals surface area contributed by atoms with Crippen molar-refractivity contribution in [2.45, 2.75) is 20.4 Å². The van der Waals surface area contributed by atoms with Crippen molar-refractivity contribution >= 4 is 12.1 Å². The first-order valence-corrected chi connectivity index (χ1v) is 9.38. The number of tetrazole rings is 1. The lowest BCUT2D eigenvalue weighted by Gasteiger charge is -2.03. The summed E-state index contributed by atoms with van der Waals surface area (Å²) in [6, 6.07) is 19.3. The summed E-state index contributed by atoms with van der Waals surface area (Å²) in [5, 5.41) is 20.7. The molecule has 0 unspecified atom stereocenters. The van der Waals surface area contributed by atoms with Crippen LogP contribution in [0.2, 0.25) is 0 Å². The normalized spacial score (nSPS) is 11.1. The van der Waals surface area contributed by atoms with Crippen molar-refractivity contribution in [3.8, 4) is 17.1 Å². The van der Waals surface area contributed by atoms with Crippen molar-refractivity contribution in [2.75, 3.05) is 0 Å². The fourth-order valence-electron chi connectivity index (χ4n) is 3.01. The molecule has 0 aliphatic carbocycles. The van der Waals surface area contributed by atoms with Crippen LogP contribution in [0.3, 0.4) is 0 Å². The van der Waals surface area contributed by atoms with Gasteiger partial charge in [0.25, 0.3) is 5.91 Å². The minimum Gasteiger partial charge on any atom is -0.271 e. The van der Waals surface area contributed by atoms with Gasteiger partial charge in [0.05, 0.1) is 23.3 Å². The fraction of sp³-hybridized carbons (Fsp3) is 0.143. The summed E-state index contributed by atoms with van der Waals surface area (Å²) in [7, 11) is 0.